The van der Waals surface area contributed by atoms with Crippen molar-refractivity contribution in [1.29, 1.82) is 0 Å². The van der Waals surface area contributed by atoms with Gasteiger partial charge in [-0.3, -0.25) is 4.79 Å². The maximum Gasteiger partial charge on any atom is 0.166 e. The molecule has 0 radical (unpaired) electrons. The summed E-state index contributed by atoms with van der Waals surface area (Å²) in [6.45, 7) is 0. The van der Waals surface area contributed by atoms with Crippen LogP contribution in [0.1, 0.15) is 12.0 Å². The van der Waals surface area contributed by atoms with Crippen LogP contribution in [0, 0.1) is 0 Å². The number of hydrogen-bond donors (Lipinski definition) is 0. The van der Waals surface area contributed by atoms with Gasteiger partial charge in [-0.25, -0.2) is 0 Å². The molecule has 2 rings (SSSR count). The molecule has 1 atom stereocenters. The summed E-state index contributed by atoms with van der Waals surface area (Å²) >= 11 is 0. The number of carbonyl (C=O) groups is 1. The lowest BCUT2D eigenvalue weighted by molar-refractivity contribution is -0.114. The van der Waals surface area contributed by atoms with Crippen molar-refractivity contribution in [2.24, 2.45) is 0 Å². The van der Waals surface area contributed by atoms with Crippen LogP contribution in [0.3, 0.4) is 0 Å². The van der Waals surface area contributed by atoms with Gasteiger partial charge in [0.1, 0.15) is 0 Å². The van der Waals surface area contributed by atoms with Crippen LogP contribution in [0.25, 0.3) is 5.57 Å². The van der Waals surface area contributed by atoms with Crippen molar-refractivity contribution in [3.05, 3.63) is 42.0 Å². The Labute approximate surface area is 83.2 Å². The Morgan fingerprint density at radius 3 is 2.57 bits per heavy atom. The molecule has 0 spiro atoms. The number of carbonyl (C=O) groups excluding carboxylic acids is 1. The van der Waals surface area contributed by atoms with Gasteiger partial charge in [0.15, 0.2) is 5.78 Å². The van der Waals surface area contributed by atoms with E-state index in [0.717, 1.165) is 11.1 Å². The van der Waals surface area contributed by atoms with Crippen molar-refractivity contribution in [2.75, 3.05) is 7.11 Å². The fourth-order valence-electron chi connectivity index (χ4n) is 1.66. The summed E-state index contributed by atoms with van der Waals surface area (Å²) in [4.78, 5) is 11.6. The Bertz CT molecular complexity index is 365. The van der Waals surface area contributed by atoms with Gasteiger partial charge in [0, 0.05) is 19.1 Å². The van der Waals surface area contributed by atoms with Crippen molar-refractivity contribution in [3.8, 4) is 0 Å². The molecule has 72 valence electrons. The highest BCUT2D eigenvalue weighted by molar-refractivity contribution is 6.23. The van der Waals surface area contributed by atoms with Crippen LogP contribution in [0.2, 0.25) is 0 Å². The highest BCUT2D eigenvalue weighted by Gasteiger charge is 2.24. The number of benzene rings is 1. The van der Waals surface area contributed by atoms with E-state index in [-0.39, 0.29) is 11.9 Å². The number of ether oxygens (including phenoxy) is 1. The molecule has 0 aromatic heterocycles. The van der Waals surface area contributed by atoms with E-state index in [2.05, 4.69) is 0 Å². The zero-order valence-electron chi connectivity index (χ0n) is 8.07. The molecule has 0 N–H and O–H groups in total. The van der Waals surface area contributed by atoms with Crippen molar-refractivity contribution in [3.63, 3.8) is 0 Å². The van der Waals surface area contributed by atoms with Gasteiger partial charge in [-0.05, 0) is 11.6 Å². The molecule has 0 saturated heterocycles. The monoisotopic (exact) mass is 188 g/mol. The minimum absolute atomic E-state index is 0.0438. The zero-order valence-corrected chi connectivity index (χ0v) is 8.07. The minimum atomic E-state index is -0.0438. The second kappa shape index (κ2) is 3.76. The van der Waals surface area contributed by atoms with Gasteiger partial charge < -0.3 is 4.74 Å². The summed E-state index contributed by atoms with van der Waals surface area (Å²) in [6, 6.07) is 9.70. The van der Waals surface area contributed by atoms with Crippen LogP contribution >= 0.6 is 0 Å². The molecule has 1 aromatic carbocycles. The van der Waals surface area contributed by atoms with E-state index in [1.165, 1.54) is 0 Å². The van der Waals surface area contributed by atoms with E-state index in [9.17, 15) is 4.79 Å². The number of rotatable bonds is 2. The maximum atomic E-state index is 11.6. The molecule has 0 aliphatic heterocycles. The highest BCUT2D eigenvalue weighted by Crippen LogP contribution is 2.25. The molecule has 1 aliphatic rings. The first kappa shape index (κ1) is 9.16. The van der Waals surface area contributed by atoms with Crippen molar-refractivity contribution in [1.82, 2.24) is 0 Å². The lowest BCUT2D eigenvalue weighted by atomic mass is 10.1. The third kappa shape index (κ3) is 1.61. The normalized spacial score (nSPS) is 21.1. The summed E-state index contributed by atoms with van der Waals surface area (Å²) in [7, 11) is 1.63. The number of methoxy groups -OCH3 is 1. The second-order valence-corrected chi connectivity index (χ2v) is 3.35. The lowest BCUT2D eigenvalue weighted by Gasteiger charge is -1.99. The zero-order chi connectivity index (χ0) is 9.97. The van der Waals surface area contributed by atoms with Gasteiger partial charge in [0.25, 0.3) is 0 Å². The van der Waals surface area contributed by atoms with Crippen molar-refractivity contribution >= 4 is 11.4 Å². The minimum Gasteiger partial charge on any atom is -0.377 e. The SMILES string of the molecule is CO[C@@H]1C=C(c2ccccc2)C(=O)C1. The van der Waals surface area contributed by atoms with Crippen molar-refractivity contribution in [2.45, 2.75) is 12.5 Å². The Hall–Kier alpha value is -1.41. The first-order valence-corrected chi connectivity index (χ1v) is 4.64. The average Bonchev–Trinajstić information content (AvgIpc) is 2.61. The molecule has 0 bridgehead atoms. The molecule has 1 aromatic rings. The van der Waals surface area contributed by atoms with Crippen LogP contribution in [0.5, 0.6) is 0 Å². The molecular formula is C12H12O2. The Kier molecular flexibility index (Phi) is 2.46. The first-order valence-electron chi connectivity index (χ1n) is 4.64. The lowest BCUT2D eigenvalue weighted by Crippen LogP contribution is -2.04. The van der Waals surface area contributed by atoms with E-state index in [4.69, 9.17) is 4.74 Å². The predicted molar refractivity (Wildman–Crippen MR) is 54.8 cm³/mol. The quantitative estimate of drug-likeness (QED) is 0.710. The van der Waals surface area contributed by atoms with Crippen LogP contribution in [-0.2, 0) is 9.53 Å². The third-order valence-corrected chi connectivity index (χ3v) is 2.43. The second-order valence-electron chi connectivity index (χ2n) is 3.35. The Morgan fingerprint density at radius 2 is 2.00 bits per heavy atom. The van der Waals surface area contributed by atoms with E-state index < -0.39 is 0 Å². The standard InChI is InChI=1S/C12H12O2/c1-14-10-7-11(12(13)8-10)9-5-3-2-4-6-9/h2-7,10H,8H2,1H3/t10-/m1/s1. The highest BCUT2D eigenvalue weighted by atomic mass is 16.5. The van der Waals surface area contributed by atoms with Gasteiger partial charge in [0.05, 0.1) is 6.10 Å². The largest absolute Gasteiger partial charge is 0.377 e. The summed E-state index contributed by atoms with van der Waals surface area (Å²) in [5.41, 5.74) is 1.77. The van der Waals surface area contributed by atoms with Crippen molar-refractivity contribution < 1.29 is 9.53 Å². The number of Topliss-reactive ketones (excluding diaryl/α,β-unsaturated/α-hetero) is 1. The van der Waals surface area contributed by atoms with E-state index >= 15 is 0 Å². The molecule has 14 heavy (non-hydrogen) atoms. The summed E-state index contributed by atoms with van der Waals surface area (Å²) in [6.07, 6.45) is 2.33. The predicted octanol–water partition coefficient (Wildman–Crippen LogP) is 2.06. The number of allylic oxidation sites excluding steroid dienone is 1. The van der Waals surface area contributed by atoms with Gasteiger partial charge in [0.2, 0.25) is 0 Å². The molecule has 0 fully saturated rings. The molecule has 0 heterocycles. The molecule has 0 saturated carbocycles. The van der Waals surface area contributed by atoms with Crippen LogP contribution in [0.15, 0.2) is 36.4 Å². The summed E-state index contributed by atoms with van der Waals surface area (Å²) in [5, 5.41) is 0. The Balaban J connectivity index is 2.31. The molecular weight excluding hydrogens is 176 g/mol. The molecule has 1 aliphatic carbocycles. The summed E-state index contributed by atoms with van der Waals surface area (Å²) < 4.78 is 5.14. The molecule has 2 heteroatoms. The molecule has 0 amide bonds. The number of hydrogen-bond acceptors (Lipinski definition) is 2. The van der Waals surface area contributed by atoms with Gasteiger partial charge in [-0.1, -0.05) is 30.3 Å². The van der Waals surface area contributed by atoms with Crippen LogP contribution in [-0.4, -0.2) is 19.0 Å². The third-order valence-electron chi connectivity index (χ3n) is 2.43. The van der Waals surface area contributed by atoms with Crippen LogP contribution < -0.4 is 0 Å². The first-order chi connectivity index (χ1) is 6.81. The molecule has 2 nitrogen and oxygen atoms in total. The average molecular weight is 188 g/mol. The van der Waals surface area contributed by atoms with Crippen LogP contribution in [0.4, 0.5) is 0 Å². The summed E-state index contributed by atoms with van der Waals surface area (Å²) in [5.74, 6) is 0.169. The van der Waals surface area contributed by atoms with Gasteiger partial charge in [-0.2, -0.15) is 0 Å². The molecule has 0 unspecified atom stereocenters. The smallest absolute Gasteiger partial charge is 0.166 e. The number of ketones is 1. The van der Waals surface area contributed by atoms with E-state index in [0.29, 0.717) is 6.42 Å². The maximum absolute atomic E-state index is 11.6. The Morgan fingerprint density at radius 1 is 1.29 bits per heavy atom. The fraction of sp³-hybridized carbons (Fsp3) is 0.250. The van der Waals surface area contributed by atoms with E-state index in [1.54, 1.807) is 7.11 Å². The topological polar surface area (TPSA) is 26.3 Å². The van der Waals surface area contributed by atoms with Gasteiger partial charge in [-0.15, -0.1) is 0 Å². The van der Waals surface area contributed by atoms with E-state index in [1.807, 2.05) is 36.4 Å². The fourth-order valence-corrected chi connectivity index (χ4v) is 1.66. The van der Waals surface area contributed by atoms with Gasteiger partial charge >= 0.3 is 0 Å².